The molecular formula is C16H25N2O3+. The molecule has 0 bridgehead atoms. The van der Waals surface area contributed by atoms with Crippen molar-refractivity contribution in [3.63, 3.8) is 0 Å². The van der Waals surface area contributed by atoms with Crippen molar-refractivity contribution in [1.29, 1.82) is 0 Å². The van der Waals surface area contributed by atoms with Gasteiger partial charge in [-0.15, -0.1) is 4.99 Å². The highest BCUT2D eigenvalue weighted by Crippen LogP contribution is 2.17. The first kappa shape index (κ1) is 15.6. The summed E-state index contributed by atoms with van der Waals surface area (Å²) in [5.41, 5.74) is 0.683. The van der Waals surface area contributed by atoms with Gasteiger partial charge in [-0.2, -0.15) is 0 Å². The zero-order valence-corrected chi connectivity index (χ0v) is 12.8. The molecule has 0 spiro atoms. The molecule has 1 heterocycles. The maximum Gasteiger partial charge on any atom is 0.551 e. The zero-order chi connectivity index (χ0) is 15.1. The van der Waals surface area contributed by atoms with Gasteiger partial charge in [0.1, 0.15) is 6.10 Å². The number of benzene rings is 1. The van der Waals surface area contributed by atoms with Crippen molar-refractivity contribution in [2.45, 2.75) is 32.3 Å². The van der Waals surface area contributed by atoms with Gasteiger partial charge in [-0.05, 0) is 38.9 Å². The summed E-state index contributed by atoms with van der Waals surface area (Å²) in [7, 11) is 1.59. The number of aliphatic hydroxyl groups is 1. The molecule has 2 rings (SSSR count). The molecule has 0 radical (unpaired) electrons. The van der Waals surface area contributed by atoms with Gasteiger partial charge >= 0.3 is 6.08 Å². The Morgan fingerprint density at radius 1 is 1.29 bits per heavy atom. The third-order valence-electron chi connectivity index (χ3n) is 3.63. The van der Waals surface area contributed by atoms with Gasteiger partial charge in [0, 0.05) is 12.6 Å². The van der Waals surface area contributed by atoms with Crippen molar-refractivity contribution in [2.75, 3.05) is 26.7 Å². The first-order valence-electron chi connectivity index (χ1n) is 7.54. The molecule has 21 heavy (non-hydrogen) atoms. The fourth-order valence-corrected chi connectivity index (χ4v) is 2.63. The number of methoxy groups -OCH3 is 1. The Hall–Kier alpha value is -1.75. The first-order chi connectivity index (χ1) is 10.2. The van der Waals surface area contributed by atoms with Crippen LogP contribution in [0.1, 0.15) is 26.2 Å². The van der Waals surface area contributed by atoms with E-state index in [4.69, 9.17) is 9.47 Å². The number of piperidine rings is 1. The van der Waals surface area contributed by atoms with Crippen molar-refractivity contribution < 1.29 is 19.6 Å². The number of para-hydroxylation sites is 2. The third-order valence-corrected chi connectivity index (χ3v) is 3.63. The highest BCUT2D eigenvalue weighted by Gasteiger charge is 2.18. The molecule has 1 aromatic rings. The average molecular weight is 293 g/mol. The molecule has 0 aromatic heterocycles. The lowest BCUT2D eigenvalue weighted by Crippen LogP contribution is -2.67. The summed E-state index contributed by atoms with van der Waals surface area (Å²) < 4.78 is 10.7. The SMILES string of the molecule is COc1ccccc1[NH+]=C(O)O[C@@H](C)CN1CCCCC1. The summed E-state index contributed by atoms with van der Waals surface area (Å²) in [5.74, 6) is 0.663. The first-order valence-corrected chi connectivity index (χ1v) is 7.54. The molecular weight excluding hydrogens is 268 g/mol. The van der Waals surface area contributed by atoms with Crippen molar-refractivity contribution in [2.24, 2.45) is 0 Å². The van der Waals surface area contributed by atoms with Gasteiger partial charge < -0.3 is 14.6 Å². The number of rotatable bonds is 5. The van der Waals surface area contributed by atoms with E-state index in [-0.39, 0.29) is 12.2 Å². The standard InChI is InChI=1S/C16H24N2O3/c1-13(12-18-10-6-3-7-11-18)21-16(19)17-14-8-4-5-9-15(14)20-2/h4-5,8-9,13H,3,6-7,10-12H2,1-2H3,(H,17,19)/p+1/t13-/m0/s1. The van der Waals surface area contributed by atoms with Gasteiger partial charge in [-0.1, -0.05) is 18.6 Å². The molecule has 2 N–H and O–H groups in total. The van der Waals surface area contributed by atoms with Gasteiger partial charge in [0.25, 0.3) is 5.69 Å². The molecule has 0 aliphatic carbocycles. The predicted octanol–water partition coefficient (Wildman–Crippen LogP) is 1.21. The van der Waals surface area contributed by atoms with Crippen LogP contribution in [0.25, 0.3) is 0 Å². The topological polar surface area (TPSA) is 55.9 Å². The summed E-state index contributed by atoms with van der Waals surface area (Å²) in [6.07, 6.45) is 3.57. The van der Waals surface area contributed by atoms with Crippen LogP contribution in [0.2, 0.25) is 0 Å². The fraction of sp³-hybridized carbons (Fsp3) is 0.562. The second-order valence-electron chi connectivity index (χ2n) is 5.42. The van der Waals surface area contributed by atoms with Crippen LogP contribution in [-0.4, -0.2) is 48.9 Å². The molecule has 116 valence electrons. The largest absolute Gasteiger partial charge is 0.551 e. The zero-order valence-electron chi connectivity index (χ0n) is 12.8. The number of nitrogens with one attached hydrogen (secondary N) is 1. The van der Waals surface area contributed by atoms with Crippen LogP contribution in [-0.2, 0) is 4.74 Å². The lowest BCUT2D eigenvalue weighted by atomic mass is 10.1. The van der Waals surface area contributed by atoms with E-state index in [1.54, 1.807) is 7.11 Å². The maximum absolute atomic E-state index is 9.93. The van der Waals surface area contributed by atoms with E-state index in [0.29, 0.717) is 11.4 Å². The highest BCUT2D eigenvalue weighted by molar-refractivity contribution is 5.60. The Kier molecular flexibility index (Phi) is 5.87. The highest BCUT2D eigenvalue weighted by atomic mass is 16.6. The van der Waals surface area contributed by atoms with Crippen LogP contribution in [0.15, 0.2) is 24.3 Å². The number of hydrogen-bond donors (Lipinski definition) is 2. The van der Waals surface area contributed by atoms with Crippen molar-refractivity contribution >= 4 is 11.8 Å². The molecule has 1 aliphatic heterocycles. The number of hydrogen-bond acceptors (Lipinski definition) is 3. The van der Waals surface area contributed by atoms with E-state index in [1.807, 2.05) is 31.2 Å². The Morgan fingerprint density at radius 2 is 2.00 bits per heavy atom. The molecule has 0 amide bonds. The Balaban J connectivity index is 1.90. The fourth-order valence-electron chi connectivity index (χ4n) is 2.63. The molecule has 1 saturated heterocycles. The quantitative estimate of drug-likeness (QED) is 0.633. The van der Waals surface area contributed by atoms with Gasteiger partial charge in [-0.25, -0.2) is 0 Å². The molecule has 0 saturated carbocycles. The Bertz CT molecular complexity index is 470. The third kappa shape index (κ3) is 4.93. The smallest absolute Gasteiger partial charge is 0.490 e. The van der Waals surface area contributed by atoms with Crippen LogP contribution in [0.3, 0.4) is 0 Å². The van der Waals surface area contributed by atoms with Crippen LogP contribution in [0, 0.1) is 0 Å². The molecule has 1 fully saturated rings. The van der Waals surface area contributed by atoms with Gasteiger partial charge in [0.05, 0.1) is 7.11 Å². The Labute approximate surface area is 126 Å². The molecule has 0 unspecified atom stereocenters. The van der Waals surface area contributed by atoms with Gasteiger partial charge in [0.2, 0.25) is 0 Å². The van der Waals surface area contributed by atoms with Crippen molar-refractivity contribution in [3.05, 3.63) is 24.3 Å². The minimum absolute atomic E-state index is 0.0645. The molecule has 1 aliphatic rings. The summed E-state index contributed by atoms with van der Waals surface area (Å²) >= 11 is 0. The molecule has 5 nitrogen and oxygen atoms in total. The monoisotopic (exact) mass is 293 g/mol. The summed E-state index contributed by atoms with van der Waals surface area (Å²) in [5, 5.41) is 9.93. The normalized spacial score (nSPS) is 18.3. The van der Waals surface area contributed by atoms with E-state index in [1.165, 1.54) is 19.3 Å². The van der Waals surface area contributed by atoms with Crippen LogP contribution >= 0.6 is 0 Å². The summed E-state index contributed by atoms with van der Waals surface area (Å²) in [4.78, 5) is 5.22. The number of aliphatic hydroxyl groups excluding tert-OH is 1. The van der Waals surface area contributed by atoms with E-state index < -0.39 is 0 Å². The minimum atomic E-state index is -0.191. The predicted molar refractivity (Wildman–Crippen MR) is 82.1 cm³/mol. The number of likely N-dealkylation sites (tertiary alicyclic amines) is 1. The molecule has 5 heteroatoms. The lowest BCUT2D eigenvalue weighted by molar-refractivity contribution is -0.384. The van der Waals surface area contributed by atoms with E-state index >= 15 is 0 Å². The average Bonchev–Trinajstić information content (AvgIpc) is 2.48. The Morgan fingerprint density at radius 3 is 2.71 bits per heavy atom. The summed E-state index contributed by atoms with van der Waals surface area (Å²) in [6.45, 7) is 5.04. The second kappa shape index (κ2) is 7.88. The van der Waals surface area contributed by atoms with Crippen LogP contribution in [0.5, 0.6) is 5.75 Å². The van der Waals surface area contributed by atoms with Crippen LogP contribution in [0.4, 0.5) is 5.69 Å². The lowest BCUT2D eigenvalue weighted by Gasteiger charge is -2.28. The van der Waals surface area contributed by atoms with Crippen molar-refractivity contribution in [1.82, 2.24) is 4.90 Å². The maximum atomic E-state index is 9.93. The molecule has 1 aromatic carbocycles. The number of ether oxygens (including phenoxy) is 2. The van der Waals surface area contributed by atoms with E-state index in [2.05, 4.69) is 9.89 Å². The number of nitrogens with zero attached hydrogens (tertiary/aromatic N) is 1. The second-order valence-corrected chi connectivity index (χ2v) is 5.42. The molecule has 1 atom stereocenters. The summed E-state index contributed by atoms with van der Waals surface area (Å²) in [6, 6.07) is 7.40. The van der Waals surface area contributed by atoms with E-state index in [0.717, 1.165) is 19.6 Å². The van der Waals surface area contributed by atoms with Crippen LogP contribution < -0.4 is 9.73 Å². The minimum Gasteiger partial charge on any atom is -0.490 e. The van der Waals surface area contributed by atoms with E-state index in [9.17, 15) is 5.11 Å². The van der Waals surface area contributed by atoms with Crippen molar-refractivity contribution in [3.8, 4) is 5.75 Å². The van der Waals surface area contributed by atoms with Gasteiger partial charge in [-0.3, -0.25) is 4.90 Å². The van der Waals surface area contributed by atoms with Gasteiger partial charge in [0.15, 0.2) is 5.75 Å².